The van der Waals surface area contributed by atoms with Crippen molar-refractivity contribution in [3.8, 4) is 0 Å². The molecule has 0 aliphatic heterocycles. The average Bonchev–Trinajstić information content (AvgIpc) is 2.23. The first-order valence-electron chi connectivity index (χ1n) is 5.79. The molecule has 0 fully saturated rings. The fourth-order valence-corrected chi connectivity index (χ4v) is 2.22. The second kappa shape index (κ2) is 6.60. The van der Waals surface area contributed by atoms with Crippen LogP contribution in [-0.2, 0) is 0 Å². The highest BCUT2D eigenvalue weighted by Gasteiger charge is 2.17. The summed E-state index contributed by atoms with van der Waals surface area (Å²) in [7, 11) is 0. The number of hydrogen-bond acceptors (Lipinski definition) is 2. The molecule has 0 saturated carbocycles. The molecule has 1 aromatic carbocycles. The molecule has 0 unspecified atom stereocenters. The Hall–Kier alpha value is -0.280. The van der Waals surface area contributed by atoms with Gasteiger partial charge in [-0.1, -0.05) is 37.0 Å². The summed E-state index contributed by atoms with van der Waals surface area (Å²) in [6.07, 6.45) is 1.07. The van der Waals surface area contributed by atoms with Crippen LogP contribution in [0.2, 0.25) is 10.0 Å². The molecule has 17 heavy (non-hydrogen) atoms. The molecule has 0 spiro atoms. The molecule has 96 valence electrons. The molecule has 0 aliphatic rings. The fraction of sp³-hybridized carbons (Fsp3) is 0.538. The minimum Gasteiger partial charge on any atom is -0.391 e. The molecule has 2 nitrogen and oxygen atoms in total. The lowest BCUT2D eigenvalue weighted by atomic mass is 9.96. The Morgan fingerprint density at radius 1 is 1.12 bits per heavy atom. The molecule has 1 aromatic rings. The van der Waals surface area contributed by atoms with Gasteiger partial charge in [-0.2, -0.15) is 0 Å². The highest BCUT2D eigenvalue weighted by Crippen LogP contribution is 2.25. The maximum absolute atomic E-state index is 9.99. The standard InChI is InChI=1S/C13H19Cl2NO/c1-8(2)3-4-12(17)13(16)9-5-10(14)7-11(15)6-9/h5-8,12-13,17H,3-4,16H2,1-2H3/t12-,13+/m1/s1. The van der Waals surface area contributed by atoms with E-state index >= 15 is 0 Å². The largest absolute Gasteiger partial charge is 0.391 e. The Morgan fingerprint density at radius 2 is 1.65 bits per heavy atom. The molecule has 0 heterocycles. The van der Waals surface area contributed by atoms with Gasteiger partial charge in [-0.15, -0.1) is 0 Å². The van der Waals surface area contributed by atoms with Gasteiger partial charge in [0.2, 0.25) is 0 Å². The zero-order valence-electron chi connectivity index (χ0n) is 10.2. The van der Waals surface area contributed by atoms with E-state index in [1.807, 2.05) is 0 Å². The van der Waals surface area contributed by atoms with Crippen LogP contribution >= 0.6 is 23.2 Å². The number of benzene rings is 1. The van der Waals surface area contributed by atoms with Gasteiger partial charge in [0.15, 0.2) is 0 Å². The third-order valence-corrected chi connectivity index (χ3v) is 3.16. The summed E-state index contributed by atoms with van der Waals surface area (Å²) in [5.41, 5.74) is 6.77. The van der Waals surface area contributed by atoms with Gasteiger partial charge >= 0.3 is 0 Å². The van der Waals surface area contributed by atoms with E-state index in [1.54, 1.807) is 18.2 Å². The number of aliphatic hydroxyl groups excluding tert-OH is 1. The first-order valence-corrected chi connectivity index (χ1v) is 6.55. The second-order valence-corrected chi connectivity index (χ2v) is 5.64. The highest BCUT2D eigenvalue weighted by molar-refractivity contribution is 6.34. The van der Waals surface area contributed by atoms with Crippen molar-refractivity contribution in [2.45, 2.75) is 38.8 Å². The number of nitrogens with two attached hydrogens (primary N) is 1. The smallest absolute Gasteiger partial charge is 0.0732 e. The van der Waals surface area contributed by atoms with Crippen LogP contribution in [0.4, 0.5) is 0 Å². The third-order valence-electron chi connectivity index (χ3n) is 2.72. The van der Waals surface area contributed by atoms with E-state index in [-0.39, 0.29) is 0 Å². The quantitative estimate of drug-likeness (QED) is 0.859. The predicted octanol–water partition coefficient (Wildman–Crippen LogP) is 3.79. The fourth-order valence-electron chi connectivity index (χ4n) is 1.67. The number of halogens is 2. The summed E-state index contributed by atoms with van der Waals surface area (Å²) in [4.78, 5) is 0. The van der Waals surface area contributed by atoms with Gasteiger partial charge in [-0.3, -0.25) is 0 Å². The molecule has 0 radical (unpaired) electrons. The summed E-state index contributed by atoms with van der Waals surface area (Å²) in [6.45, 7) is 4.24. The molecule has 0 aromatic heterocycles. The first kappa shape index (κ1) is 14.8. The van der Waals surface area contributed by atoms with Crippen molar-refractivity contribution in [2.24, 2.45) is 11.7 Å². The summed E-state index contributed by atoms with van der Waals surface area (Å²) in [6, 6.07) is 4.71. The zero-order chi connectivity index (χ0) is 13.0. The summed E-state index contributed by atoms with van der Waals surface area (Å²) < 4.78 is 0. The van der Waals surface area contributed by atoms with Crippen molar-refractivity contribution in [2.75, 3.05) is 0 Å². The SMILES string of the molecule is CC(C)CC[C@@H](O)[C@@H](N)c1cc(Cl)cc(Cl)c1. The van der Waals surface area contributed by atoms with E-state index in [2.05, 4.69) is 13.8 Å². The van der Waals surface area contributed by atoms with Crippen LogP contribution in [0.5, 0.6) is 0 Å². The van der Waals surface area contributed by atoms with Gasteiger partial charge < -0.3 is 10.8 Å². The molecule has 2 atom stereocenters. The number of aliphatic hydroxyl groups is 1. The molecule has 0 saturated heterocycles. The lowest BCUT2D eigenvalue weighted by Crippen LogP contribution is -2.26. The van der Waals surface area contributed by atoms with Gasteiger partial charge in [0.1, 0.15) is 0 Å². The molecule has 4 heteroatoms. The third kappa shape index (κ3) is 4.84. The minimum absolute atomic E-state index is 0.440. The van der Waals surface area contributed by atoms with Crippen molar-refractivity contribution in [1.29, 1.82) is 0 Å². The van der Waals surface area contributed by atoms with E-state index in [0.717, 1.165) is 12.0 Å². The van der Waals surface area contributed by atoms with Crippen LogP contribution in [0, 0.1) is 5.92 Å². The van der Waals surface area contributed by atoms with Crippen LogP contribution in [-0.4, -0.2) is 11.2 Å². The molecular formula is C13H19Cl2NO. The van der Waals surface area contributed by atoms with Gasteiger partial charge in [-0.25, -0.2) is 0 Å². The number of rotatable bonds is 5. The Bertz CT molecular complexity index is 348. The Balaban J connectivity index is 2.70. The van der Waals surface area contributed by atoms with E-state index < -0.39 is 12.1 Å². The molecule has 3 N–H and O–H groups in total. The first-order chi connectivity index (χ1) is 7.90. The van der Waals surface area contributed by atoms with Crippen LogP contribution in [0.15, 0.2) is 18.2 Å². The monoisotopic (exact) mass is 275 g/mol. The molecule has 0 bridgehead atoms. The van der Waals surface area contributed by atoms with Crippen molar-refractivity contribution in [1.82, 2.24) is 0 Å². The van der Waals surface area contributed by atoms with Crippen molar-refractivity contribution >= 4 is 23.2 Å². The highest BCUT2D eigenvalue weighted by atomic mass is 35.5. The summed E-state index contributed by atoms with van der Waals surface area (Å²) in [5, 5.41) is 11.1. The topological polar surface area (TPSA) is 46.2 Å². The van der Waals surface area contributed by atoms with Crippen molar-refractivity contribution in [3.63, 3.8) is 0 Å². The molecular weight excluding hydrogens is 257 g/mol. The van der Waals surface area contributed by atoms with Gasteiger partial charge in [0.25, 0.3) is 0 Å². The Kier molecular flexibility index (Phi) is 5.74. The van der Waals surface area contributed by atoms with E-state index in [4.69, 9.17) is 28.9 Å². The van der Waals surface area contributed by atoms with Gasteiger partial charge in [0.05, 0.1) is 12.1 Å². The summed E-state index contributed by atoms with van der Waals surface area (Å²) in [5.74, 6) is 0.555. The lowest BCUT2D eigenvalue weighted by Gasteiger charge is -2.20. The predicted molar refractivity (Wildman–Crippen MR) is 73.5 cm³/mol. The Morgan fingerprint density at radius 3 is 2.12 bits per heavy atom. The number of hydrogen-bond donors (Lipinski definition) is 2. The second-order valence-electron chi connectivity index (χ2n) is 4.77. The van der Waals surface area contributed by atoms with Crippen LogP contribution in [0.3, 0.4) is 0 Å². The minimum atomic E-state index is -0.563. The maximum atomic E-state index is 9.99. The van der Waals surface area contributed by atoms with Crippen molar-refractivity contribution < 1.29 is 5.11 Å². The van der Waals surface area contributed by atoms with Crippen LogP contribution in [0.1, 0.15) is 38.3 Å². The van der Waals surface area contributed by atoms with Crippen molar-refractivity contribution in [3.05, 3.63) is 33.8 Å². The normalized spacial score (nSPS) is 15.0. The molecule has 1 rings (SSSR count). The lowest BCUT2D eigenvalue weighted by molar-refractivity contribution is 0.128. The zero-order valence-corrected chi connectivity index (χ0v) is 11.7. The van der Waals surface area contributed by atoms with Crippen LogP contribution in [0.25, 0.3) is 0 Å². The van der Waals surface area contributed by atoms with E-state index in [0.29, 0.717) is 22.4 Å². The maximum Gasteiger partial charge on any atom is 0.0732 e. The molecule has 0 amide bonds. The van der Waals surface area contributed by atoms with Gasteiger partial charge in [0, 0.05) is 10.0 Å². The summed E-state index contributed by atoms with van der Waals surface area (Å²) >= 11 is 11.8. The Labute approximate surface area is 113 Å². The van der Waals surface area contributed by atoms with Gasteiger partial charge in [-0.05, 0) is 42.5 Å². The van der Waals surface area contributed by atoms with E-state index in [1.165, 1.54) is 0 Å². The van der Waals surface area contributed by atoms with E-state index in [9.17, 15) is 5.11 Å². The average molecular weight is 276 g/mol. The van der Waals surface area contributed by atoms with Crippen LogP contribution < -0.4 is 5.73 Å². The molecule has 0 aliphatic carbocycles.